The third-order valence-electron chi connectivity index (χ3n) is 8.34. The van der Waals surface area contributed by atoms with E-state index in [0.29, 0.717) is 24.4 Å². The van der Waals surface area contributed by atoms with Crippen molar-refractivity contribution >= 4 is 40.4 Å². The molecule has 0 spiro atoms. The van der Waals surface area contributed by atoms with Gasteiger partial charge in [0.2, 0.25) is 11.8 Å². The second-order valence-electron chi connectivity index (χ2n) is 11.8. The van der Waals surface area contributed by atoms with Crippen molar-refractivity contribution in [1.29, 1.82) is 5.41 Å². The van der Waals surface area contributed by atoms with Crippen LogP contribution in [0.5, 0.6) is 0 Å². The van der Waals surface area contributed by atoms with Crippen molar-refractivity contribution in [3.05, 3.63) is 59.4 Å². The van der Waals surface area contributed by atoms with Gasteiger partial charge in [0.15, 0.2) is 0 Å². The summed E-state index contributed by atoms with van der Waals surface area (Å²) in [6.45, 7) is 7.12. The molecule has 1 aromatic heterocycles. The molecule has 2 N–H and O–H groups in total. The fourth-order valence-electron chi connectivity index (χ4n) is 6.31. The summed E-state index contributed by atoms with van der Waals surface area (Å²) in [5.41, 5.74) is 3.46. The first-order valence-corrected chi connectivity index (χ1v) is 13.7. The zero-order chi connectivity index (χ0) is 27.3. The van der Waals surface area contributed by atoms with Gasteiger partial charge in [0.25, 0.3) is 5.91 Å². The predicted molar refractivity (Wildman–Crippen MR) is 149 cm³/mol. The molecule has 4 heterocycles. The monoisotopic (exact) mass is 526 g/mol. The number of rotatable bonds is 7. The van der Waals surface area contributed by atoms with Crippen molar-refractivity contribution in [2.24, 2.45) is 5.41 Å². The average Bonchev–Trinajstić information content (AvgIpc) is 3.50. The number of benzene rings is 2. The molecule has 3 aliphatic heterocycles. The maximum Gasteiger partial charge on any atom is 0.259 e. The van der Waals surface area contributed by atoms with Crippen LogP contribution in [-0.2, 0) is 16.0 Å². The Bertz CT molecular complexity index is 1480. The molecule has 0 bridgehead atoms. The highest BCUT2D eigenvalue weighted by Crippen LogP contribution is 2.41. The number of likely N-dealkylation sites (tertiary alicyclic amines) is 1. The van der Waals surface area contributed by atoms with Gasteiger partial charge in [-0.15, -0.1) is 0 Å². The molecule has 0 radical (unpaired) electrons. The van der Waals surface area contributed by atoms with Crippen LogP contribution in [0.4, 0.5) is 5.69 Å². The van der Waals surface area contributed by atoms with Gasteiger partial charge < -0.3 is 10.3 Å². The van der Waals surface area contributed by atoms with Gasteiger partial charge in [0, 0.05) is 61.3 Å². The third kappa shape index (κ3) is 4.65. The molecular weight excluding hydrogens is 492 g/mol. The van der Waals surface area contributed by atoms with Crippen molar-refractivity contribution in [3.8, 4) is 0 Å². The van der Waals surface area contributed by atoms with Crippen LogP contribution in [0, 0.1) is 10.8 Å². The molecule has 0 aliphatic carbocycles. The predicted octanol–water partition coefficient (Wildman–Crippen LogP) is 3.71. The summed E-state index contributed by atoms with van der Waals surface area (Å²) in [6, 6.07) is 9.41. The van der Waals surface area contributed by atoms with E-state index in [1.165, 1.54) is 0 Å². The van der Waals surface area contributed by atoms with Crippen LogP contribution in [0.1, 0.15) is 67.1 Å². The Kier molecular flexibility index (Phi) is 6.33. The van der Waals surface area contributed by atoms with E-state index in [1.54, 1.807) is 11.1 Å². The number of anilines is 1. The van der Waals surface area contributed by atoms with Crippen LogP contribution < -0.4 is 10.2 Å². The summed E-state index contributed by atoms with van der Waals surface area (Å²) in [7, 11) is 0. The van der Waals surface area contributed by atoms with Crippen LogP contribution in [0.15, 0.2) is 42.7 Å². The first-order chi connectivity index (χ1) is 18.7. The molecule has 39 heavy (non-hydrogen) atoms. The summed E-state index contributed by atoms with van der Waals surface area (Å²) in [5, 5.41) is 16.6. The number of nitrogens with zero attached hydrogens (tertiary/aromatic N) is 4. The van der Waals surface area contributed by atoms with Gasteiger partial charge in [-0.1, -0.05) is 32.0 Å². The zero-order valence-electron chi connectivity index (χ0n) is 22.4. The van der Waals surface area contributed by atoms with Gasteiger partial charge in [0.1, 0.15) is 6.04 Å². The minimum Gasteiger partial charge on any atom is -0.313 e. The number of carbonyl (C=O) groups excluding carboxylic acids is 3. The Balaban J connectivity index is 1.20. The second kappa shape index (κ2) is 9.72. The molecule has 3 aromatic rings. The smallest absolute Gasteiger partial charge is 0.259 e. The molecule has 9 nitrogen and oxygen atoms in total. The number of piperidine rings is 2. The van der Waals surface area contributed by atoms with E-state index in [4.69, 9.17) is 10.5 Å². The summed E-state index contributed by atoms with van der Waals surface area (Å²) in [5.74, 6) is -0.898. The minimum absolute atomic E-state index is 0.102. The van der Waals surface area contributed by atoms with E-state index < -0.39 is 11.9 Å². The summed E-state index contributed by atoms with van der Waals surface area (Å²) < 4.78 is 2.10. The maximum atomic E-state index is 13.4. The van der Waals surface area contributed by atoms with Crippen LogP contribution >= 0.6 is 0 Å². The summed E-state index contributed by atoms with van der Waals surface area (Å²) >= 11 is 0. The van der Waals surface area contributed by atoms with Crippen molar-refractivity contribution in [2.75, 3.05) is 24.5 Å². The molecule has 2 fully saturated rings. The highest BCUT2D eigenvalue weighted by molar-refractivity contribution is 6.27. The molecule has 2 aromatic carbocycles. The lowest BCUT2D eigenvalue weighted by Gasteiger charge is -2.35. The number of hydrogen-bond donors (Lipinski definition) is 2. The van der Waals surface area contributed by atoms with Crippen LogP contribution in [-0.4, -0.2) is 64.3 Å². The largest absolute Gasteiger partial charge is 0.313 e. The van der Waals surface area contributed by atoms with Gasteiger partial charge >= 0.3 is 0 Å². The number of carbonyl (C=O) groups is 3. The molecule has 0 saturated carbocycles. The van der Waals surface area contributed by atoms with Crippen LogP contribution in [0.25, 0.3) is 10.8 Å². The average molecular weight is 527 g/mol. The summed E-state index contributed by atoms with van der Waals surface area (Å²) in [4.78, 5) is 41.7. The lowest BCUT2D eigenvalue weighted by Crippen LogP contribution is -2.53. The van der Waals surface area contributed by atoms with E-state index >= 15 is 0 Å². The second-order valence-corrected chi connectivity index (χ2v) is 11.8. The van der Waals surface area contributed by atoms with Gasteiger partial charge in [-0.25, -0.2) is 0 Å². The van der Waals surface area contributed by atoms with Crippen LogP contribution in [0.2, 0.25) is 0 Å². The van der Waals surface area contributed by atoms with Crippen molar-refractivity contribution in [2.45, 2.75) is 58.0 Å². The first kappa shape index (κ1) is 25.4. The zero-order valence-corrected chi connectivity index (χ0v) is 22.4. The fraction of sp³-hybridized carbons (Fsp3) is 0.433. The van der Waals surface area contributed by atoms with Crippen molar-refractivity contribution in [1.82, 2.24) is 20.0 Å². The Morgan fingerprint density at radius 1 is 1.10 bits per heavy atom. The Hall–Kier alpha value is -3.85. The van der Waals surface area contributed by atoms with Gasteiger partial charge in [0.05, 0.1) is 17.9 Å². The first-order valence-electron chi connectivity index (χ1n) is 13.7. The van der Waals surface area contributed by atoms with E-state index in [-0.39, 0.29) is 23.7 Å². The number of amides is 3. The lowest BCUT2D eigenvalue weighted by molar-refractivity contribution is -0.134. The molecule has 3 aliphatic rings. The van der Waals surface area contributed by atoms with Crippen LogP contribution in [0.3, 0.4) is 0 Å². The quantitative estimate of drug-likeness (QED) is 0.360. The minimum atomic E-state index is -0.683. The number of hydrogen-bond acceptors (Lipinski definition) is 6. The number of imide groups is 1. The van der Waals surface area contributed by atoms with E-state index in [1.807, 2.05) is 36.5 Å². The molecule has 3 amide bonds. The fourth-order valence-corrected chi connectivity index (χ4v) is 6.31. The van der Waals surface area contributed by atoms with E-state index in [9.17, 15) is 14.4 Å². The van der Waals surface area contributed by atoms with Gasteiger partial charge in [-0.3, -0.25) is 29.3 Å². The Morgan fingerprint density at radius 3 is 2.64 bits per heavy atom. The van der Waals surface area contributed by atoms with E-state index in [0.717, 1.165) is 60.1 Å². The highest BCUT2D eigenvalue weighted by atomic mass is 16.2. The molecule has 9 heteroatoms. The highest BCUT2D eigenvalue weighted by Gasteiger charge is 2.40. The normalized spacial score (nSPS) is 20.6. The number of nitrogens with one attached hydrogen (secondary N) is 2. The SMILES string of the molecule is CC(C)(C=N)CN1CCC(n2cc(Cc3ccc4c5c(cccc35)C(=O)N4C3CCC(=O)NC3=O)cn2)CC1. The molecule has 1 atom stereocenters. The molecule has 1 unspecified atom stereocenters. The van der Waals surface area contributed by atoms with Gasteiger partial charge in [-0.05, 0) is 47.9 Å². The topological polar surface area (TPSA) is 111 Å². The standard InChI is InChI=1S/C30H34N6O3/c1-30(2,17-31)18-34-12-10-21(11-13-34)35-16-19(15-32-35)14-20-6-7-24-27-22(20)4-3-5-23(27)29(39)36(24)25-8-9-26(37)33-28(25)38/h3-7,15-17,21,25,31H,8-14,18H2,1-2H3,(H,33,37,38). The Labute approximate surface area is 227 Å². The third-order valence-corrected chi connectivity index (χ3v) is 8.34. The number of aromatic nitrogens is 2. The molecule has 202 valence electrons. The molecular formula is C30H34N6O3. The molecule has 6 rings (SSSR count). The van der Waals surface area contributed by atoms with Gasteiger partial charge in [-0.2, -0.15) is 5.10 Å². The van der Waals surface area contributed by atoms with Crippen molar-refractivity contribution < 1.29 is 14.4 Å². The molecule has 2 saturated heterocycles. The maximum absolute atomic E-state index is 13.4. The lowest BCUT2D eigenvalue weighted by atomic mass is 9.93. The van der Waals surface area contributed by atoms with Crippen molar-refractivity contribution in [3.63, 3.8) is 0 Å². The van der Waals surface area contributed by atoms with E-state index in [2.05, 4.69) is 34.9 Å². The summed E-state index contributed by atoms with van der Waals surface area (Å²) in [6.07, 6.45) is 8.94. The Morgan fingerprint density at radius 2 is 1.90 bits per heavy atom.